The average Bonchev–Trinajstić information content (AvgIpc) is 3.55. The molecule has 0 unspecified atom stereocenters. The Labute approximate surface area is 336 Å². The van der Waals surface area contributed by atoms with Crippen LogP contribution in [0.5, 0.6) is 0 Å². The molecule has 0 saturated heterocycles. The number of hydrogen-bond donors (Lipinski definition) is 9. The first kappa shape index (κ1) is 44.4. The number of carbonyl (C=O) groups excluding carboxylic acids is 5. The number of imidazole rings is 1. The van der Waals surface area contributed by atoms with Crippen molar-refractivity contribution in [2.75, 3.05) is 24.2 Å². The number of rotatable bonds is 21. The summed E-state index contributed by atoms with van der Waals surface area (Å²) >= 11 is 0. The highest BCUT2D eigenvalue weighted by Gasteiger charge is 2.29. The van der Waals surface area contributed by atoms with E-state index in [0.717, 1.165) is 41.5 Å². The number of primary amides is 1. The lowest BCUT2D eigenvalue weighted by Crippen LogP contribution is -2.55. The Bertz CT molecular complexity index is 2070. The van der Waals surface area contributed by atoms with E-state index in [9.17, 15) is 24.0 Å². The number of carbonyl (C=O) groups is 5. The maximum absolute atomic E-state index is 13.3. The monoisotopic (exact) mass is 802 g/mol. The number of nitrogens with zero attached hydrogens (tertiary/aromatic N) is 3. The highest BCUT2D eigenvalue weighted by molar-refractivity contribution is 6.06. The van der Waals surface area contributed by atoms with Crippen molar-refractivity contribution in [3.8, 4) is 0 Å². The van der Waals surface area contributed by atoms with Crippen molar-refractivity contribution < 1.29 is 33.5 Å². The second-order valence-corrected chi connectivity index (χ2v) is 14.1. The largest absolute Gasteiger partial charge is 0.444 e. The first-order chi connectivity index (χ1) is 27.8. The van der Waals surface area contributed by atoms with Crippen LogP contribution < -0.4 is 43.9 Å². The minimum Gasteiger partial charge on any atom is -0.444 e. The van der Waals surface area contributed by atoms with Gasteiger partial charge in [-0.15, -0.1) is 0 Å². The van der Waals surface area contributed by atoms with Gasteiger partial charge in [-0.1, -0.05) is 57.5 Å². The number of nitrogens with one attached hydrogen (secondary N) is 6. The number of pyridine rings is 1. The zero-order chi connectivity index (χ0) is 42.2. The van der Waals surface area contributed by atoms with Gasteiger partial charge in [0.15, 0.2) is 5.82 Å². The van der Waals surface area contributed by atoms with Crippen LogP contribution in [-0.4, -0.2) is 75.5 Å². The smallest absolute Gasteiger partial charge is 0.412 e. The zero-order valence-electron chi connectivity index (χ0n) is 33.1. The highest BCUT2D eigenvalue weighted by atomic mass is 16.6. The van der Waals surface area contributed by atoms with Gasteiger partial charge in [-0.3, -0.25) is 29.9 Å². The van der Waals surface area contributed by atoms with E-state index in [1.165, 1.54) is 0 Å². The minimum absolute atomic E-state index is 0.00681. The predicted molar refractivity (Wildman–Crippen MR) is 219 cm³/mol. The number of anilines is 2. The van der Waals surface area contributed by atoms with Crippen LogP contribution in [0.1, 0.15) is 70.7 Å². The number of aryl methyl sites for hydroxylation is 2. The normalized spacial score (nSPS) is 12.2. The molecule has 4 aromatic rings. The molecule has 2 aromatic carbocycles. The number of para-hydroxylation sites is 1. The van der Waals surface area contributed by atoms with Gasteiger partial charge in [0.25, 0.3) is 0 Å². The van der Waals surface area contributed by atoms with E-state index in [0.29, 0.717) is 42.0 Å². The van der Waals surface area contributed by atoms with Gasteiger partial charge in [0.2, 0.25) is 17.7 Å². The first-order valence-corrected chi connectivity index (χ1v) is 19.2. The molecule has 19 nitrogen and oxygen atoms in total. The molecule has 4 rings (SSSR count). The number of amides is 6. The Kier molecular flexibility index (Phi) is 16.7. The summed E-state index contributed by atoms with van der Waals surface area (Å²) in [5, 5.41) is 22.2. The fourth-order valence-corrected chi connectivity index (χ4v) is 6.24. The van der Waals surface area contributed by atoms with Gasteiger partial charge >= 0.3 is 12.1 Å². The van der Waals surface area contributed by atoms with E-state index in [4.69, 9.17) is 32.5 Å². The summed E-state index contributed by atoms with van der Waals surface area (Å²) in [6.07, 6.45) is 3.26. The van der Waals surface area contributed by atoms with Crippen LogP contribution in [-0.2, 0) is 43.5 Å². The number of unbranched alkanes of at least 4 members (excludes halogenated alkanes) is 1. The van der Waals surface area contributed by atoms with Crippen LogP contribution in [0.3, 0.4) is 0 Å². The lowest BCUT2D eigenvalue weighted by Gasteiger charge is -2.25. The van der Waals surface area contributed by atoms with E-state index in [1.54, 1.807) is 38.1 Å². The van der Waals surface area contributed by atoms with Gasteiger partial charge in [0.1, 0.15) is 42.5 Å². The van der Waals surface area contributed by atoms with Gasteiger partial charge in [-0.25, -0.2) is 25.5 Å². The fourth-order valence-electron chi connectivity index (χ4n) is 6.24. The summed E-state index contributed by atoms with van der Waals surface area (Å²) in [4.78, 5) is 76.0. The van der Waals surface area contributed by atoms with Crippen LogP contribution in [0.4, 0.5) is 21.1 Å². The molecule has 6 amide bonds. The molecule has 0 aliphatic rings. The van der Waals surface area contributed by atoms with Gasteiger partial charge in [-0.2, -0.15) is 0 Å². The Hall–Kier alpha value is -6.34. The van der Waals surface area contributed by atoms with E-state index in [1.807, 2.05) is 24.3 Å². The quantitative estimate of drug-likeness (QED) is 0.0255. The molecule has 0 aliphatic carbocycles. The fraction of sp³-hybridized carbons (Fsp3) is 0.436. The van der Waals surface area contributed by atoms with Gasteiger partial charge < -0.3 is 42.0 Å². The third-order valence-electron chi connectivity index (χ3n) is 9.18. The van der Waals surface area contributed by atoms with Crippen molar-refractivity contribution >= 4 is 69.1 Å². The minimum atomic E-state index is -1.04. The van der Waals surface area contributed by atoms with Gasteiger partial charge in [0.05, 0.1) is 11.0 Å². The molecule has 19 heteroatoms. The summed E-state index contributed by atoms with van der Waals surface area (Å²) in [7, 11) is 0. The molecule has 0 spiro atoms. The number of ether oxygens (including phenoxy) is 1. The molecule has 0 fully saturated rings. The lowest BCUT2D eigenvalue weighted by atomic mass is 10.0. The first-order valence-electron chi connectivity index (χ1n) is 19.2. The molecular weight excluding hydrogens is 749 g/mol. The Balaban J connectivity index is 1.29. The van der Waals surface area contributed by atoms with Crippen molar-refractivity contribution in [3.63, 3.8) is 0 Å². The summed E-state index contributed by atoms with van der Waals surface area (Å²) in [6.45, 7) is 5.76. The molecule has 0 aliphatic heterocycles. The molecule has 0 bridgehead atoms. The number of nitrogens with two attached hydrogens (primary N) is 3. The predicted octanol–water partition coefficient (Wildman–Crippen LogP) is 3.10. The van der Waals surface area contributed by atoms with Crippen LogP contribution in [0, 0.1) is 11.3 Å². The SMILES string of the molecule is CCCCc1nc2c(N)nc3ccccc3c2n1CCCC(=N)NC(=O)OCc1ccc(NC(=O)[C@H](CCCNC(N)=O)NC(=O)[C@@H](NC(=O)CON)C(C)C)cc1. The average molecular weight is 803 g/mol. The molecule has 0 saturated carbocycles. The molecule has 2 heterocycles. The third-order valence-corrected chi connectivity index (χ3v) is 9.18. The molecular formula is C39H54N12O7. The standard InChI is InChI=1S/C39H54N12O7/c1-4-5-14-30-49-33-34(26-10-6-7-11-27(26)46-35(33)41)51(30)20-9-13-29(40)48-39(56)57-21-24-15-17-25(18-16-24)45-36(53)28(12-8-19-44-38(42)55)47-37(54)32(23(2)3)50-31(52)22-58-43/h6-7,10-11,15-18,23,28,32H,4-5,8-9,12-14,19-22,43H2,1-3H3,(H2,41,46)(H,45,53)(H,47,54)(H,50,52)(H2,40,48,56)(H3,42,44,55)/t28-,32-/m0/s1. The van der Waals surface area contributed by atoms with Crippen molar-refractivity contribution in [1.82, 2.24) is 35.8 Å². The number of amidine groups is 1. The number of fused-ring (bicyclic) bond motifs is 3. The molecule has 312 valence electrons. The summed E-state index contributed by atoms with van der Waals surface area (Å²) in [6, 6.07) is 11.6. The summed E-state index contributed by atoms with van der Waals surface area (Å²) < 4.78 is 7.49. The Morgan fingerprint density at radius 1 is 0.948 bits per heavy atom. The van der Waals surface area contributed by atoms with Gasteiger partial charge in [-0.05, 0) is 55.4 Å². The molecule has 2 atom stereocenters. The Morgan fingerprint density at radius 2 is 1.69 bits per heavy atom. The summed E-state index contributed by atoms with van der Waals surface area (Å²) in [5.74, 6) is 4.19. The van der Waals surface area contributed by atoms with Crippen molar-refractivity contribution in [3.05, 3.63) is 59.9 Å². The molecule has 12 N–H and O–H groups in total. The highest BCUT2D eigenvalue weighted by Crippen LogP contribution is 2.29. The van der Waals surface area contributed by atoms with Crippen molar-refractivity contribution in [1.29, 1.82) is 5.41 Å². The van der Waals surface area contributed by atoms with Crippen LogP contribution in [0.15, 0.2) is 48.5 Å². The maximum Gasteiger partial charge on any atom is 0.412 e. The number of urea groups is 1. The topological polar surface area (TPSA) is 297 Å². The van der Waals surface area contributed by atoms with Crippen LogP contribution in [0.2, 0.25) is 0 Å². The second-order valence-electron chi connectivity index (χ2n) is 14.1. The van der Waals surface area contributed by atoms with Crippen LogP contribution in [0.25, 0.3) is 21.9 Å². The molecule has 58 heavy (non-hydrogen) atoms. The number of hydrogen-bond acceptors (Lipinski definition) is 12. The number of nitrogen functional groups attached to an aromatic ring is 1. The Morgan fingerprint density at radius 3 is 2.38 bits per heavy atom. The van der Waals surface area contributed by atoms with E-state index >= 15 is 0 Å². The van der Waals surface area contributed by atoms with E-state index < -0.39 is 48.5 Å². The van der Waals surface area contributed by atoms with E-state index in [-0.39, 0.29) is 37.7 Å². The van der Waals surface area contributed by atoms with Crippen molar-refractivity contribution in [2.24, 2.45) is 17.5 Å². The summed E-state index contributed by atoms with van der Waals surface area (Å²) in [5.41, 5.74) is 14.8. The van der Waals surface area contributed by atoms with Crippen LogP contribution >= 0.6 is 0 Å². The van der Waals surface area contributed by atoms with Crippen molar-refractivity contribution in [2.45, 2.75) is 91.0 Å². The lowest BCUT2D eigenvalue weighted by molar-refractivity contribution is -0.133. The van der Waals surface area contributed by atoms with Gasteiger partial charge in [0, 0.05) is 37.0 Å². The molecule has 0 radical (unpaired) electrons. The number of aromatic nitrogens is 3. The third kappa shape index (κ3) is 12.8. The number of benzene rings is 2. The maximum atomic E-state index is 13.3. The van der Waals surface area contributed by atoms with E-state index in [2.05, 4.69) is 47.9 Å². The zero-order valence-corrected chi connectivity index (χ0v) is 33.1. The number of alkyl carbamates (subject to hydrolysis) is 1. The second kappa shape index (κ2) is 21.8. The molecule has 2 aromatic heterocycles.